The van der Waals surface area contributed by atoms with E-state index in [1.54, 1.807) is 6.92 Å². The highest BCUT2D eigenvalue weighted by Gasteiger charge is 2.45. The maximum Gasteiger partial charge on any atom is 0.250 e. The van der Waals surface area contributed by atoms with Gasteiger partial charge in [0.05, 0.1) is 5.69 Å². The molecule has 1 aromatic rings. The van der Waals surface area contributed by atoms with Gasteiger partial charge in [0.25, 0.3) is 0 Å². The Kier molecular flexibility index (Phi) is 4.76. The first-order chi connectivity index (χ1) is 11.1. The predicted molar refractivity (Wildman–Crippen MR) is 93.5 cm³/mol. The van der Waals surface area contributed by atoms with Crippen LogP contribution in [0.15, 0.2) is 40.8 Å². The zero-order valence-corrected chi connectivity index (χ0v) is 14.2. The first-order valence-electron chi connectivity index (χ1n) is 8.15. The summed E-state index contributed by atoms with van der Waals surface area (Å²) in [5, 5.41) is 5.78. The van der Waals surface area contributed by atoms with Crippen molar-refractivity contribution in [1.82, 2.24) is 5.32 Å². The standard InChI is InChI=1S/C18H22N2O2S/c1-18(16(21)19-12-11-13-7-3-2-4-8-13)17(22)20-14-9-5-6-10-15(14)23-18/h5-7,9-10H,2-4,8,11-12H2,1H3,(H,19,21)(H,20,22). The maximum absolute atomic E-state index is 12.6. The first-order valence-corrected chi connectivity index (χ1v) is 8.97. The van der Waals surface area contributed by atoms with Crippen LogP contribution in [0.4, 0.5) is 5.69 Å². The fourth-order valence-electron chi connectivity index (χ4n) is 2.95. The Hall–Kier alpha value is -1.75. The van der Waals surface area contributed by atoms with Gasteiger partial charge < -0.3 is 10.6 Å². The highest BCUT2D eigenvalue weighted by molar-refractivity contribution is 8.02. The van der Waals surface area contributed by atoms with Gasteiger partial charge in [0.15, 0.2) is 4.75 Å². The summed E-state index contributed by atoms with van der Waals surface area (Å²) in [4.78, 5) is 25.9. The lowest BCUT2D eigenvalue weighted by Gasteiger charge is -2.31. The molecule has 1 aromatic carbocycles. The number of para-hydroxylation sites is 1. The fourth-order valence-corrected chi connectivity index (χ4v) is 4.08. The van der Waals surface area contributed by atoms with E-state index in [1.807, 2.05) is 24.3 Å². The molecule has 1 atom stereocenters. The van der Waals surface area contributed by atoms with Crippen molar-refractivity contribution in [2.45, 2.75) is 48.7 Å². The lowest BCUT2D eigenvalue weighted by atomic mass is 9.97. The molecule has 0 spiro atoms. The van der Waals surface area contributed by atoms with Crippen molar-refractivity contribution < 1.29 is 9.59 Å². The number of nitrogens with one attached hydrogen (secondary N) is 2. The van der Waals surface area contributed by atoms with Gasteiger partial charge in [0.1, 0.15) is 0 Å². The highest BCUT2D eigenvalue weighted by atomic mass is 32.2. The number of thioether (sulfide) groups is 1. The van der Waals surface area contributed by atoms with Gasteiger partial charge in [0.2, 0.25) is 11.8 Å². The van der Waals surface area contributed by atoms with Gasteiger partial charge in [-0.15, -0.1) is 0 Å². The molecule has 122 valence electrons. The Morgan fingerprint density at radius 1 is 1.35 bits per heavy atom. The van der Waals surface area contributed by atoms with Gasteiger partial charge in [-0.1, -0.05) is 35.5 Å². The molecule has 0 radical (unpaired) electrons. The van der Waals surface area contributed by atoms with Crippen molar-refractivity contribution in [1.29, 1.82) is 0 Å². The quantitative estimate of drug-likeness (QED) is 0.656. The SMILES string of the molecule is CC1(C(=O)NCCC2=CCCCC2)Sc2ccccc2NC1=O. The monoisotopic (exact) mass is 330 g/mol. The largest absolute Gasteiger partial charge is 0.354 e. The third-order valence-corrected chi connectivity index (χ3v) is 5.79. The minimum absolute atomic E-state index is 0.217. The second-order valence-corrected chi connectivity index (χ2v) is 7.66. The molecule has 3 rings (SSSR count). The van der Waals surface area contributed by atoms with Gasteiger partial charge in [-0.2, -0.15) is 0 Å². The van der Waals surface area contributed by atoms with Gasteiger partial charge in [0, 0.05) is 11.4 Å². The molecule has 0 aromatic heterocycles. The number of benzene rings is 1. The number of hydrogen-bond donors (Lipinski definition) is 2. The van der Waals surface area contributed by atoms with E-state index in [9.17, 15) is 9.59 Å². The Bertz CT molecular complexity index is 656. The Morgan fingerprint density at radius 2 is 2.17 bits per heavy atom. The molecular formula is C18H22N2O2S. The summed E-state index contributed by atoms with van der Waals surface area (Å²) < 4.78 is -1.12. The Labute approximate surface area is 141 Å². The summed E-state index contributed by atoms with van der Waals surface area (Å²) in [6.45, 7) is 2.29. The van der Waals surface area contributed by atoms with Crippen molar-refractivity contribution in [3.05, 3.63) is 35.9 Å². The van der Waals surface area contributed by atoms with E-state index in [4.69, 9.17) is 0 Å². The summed E-state index contributed by atoms with van der Waals surface area (Å²) in [7, 11) is 0. The van der Waals surface area contributed by atoms with Crippen LogP contribution in [0.2, 0.25) is 0 Å². The minimum Gasteiger partial charge on any atom is -0.354 e. The Balaban J connectivity index is 1.62. The zero-order valence-electron chi connectivity index (χ0n) is 13.4. The van der Waals surface area contributed by atoms with Crippen LogP contribution in [0, 0.1) is 0 Å². The number of allylic oxidation sites excluding steroid dienone is 1. The summed E-state index contributed by atoms with van der Waals surface area (Å²) in [6.07, 6.45) is 7.96. The number of amides is 2. The molecule has 1 unspecified atom stereocenters. The number of carbonyl (C=O) groups is 2. The van der Waals surface area contributed by atoms with Crippen molar-refractivity contribution >= 4 is 29.3 Å². The number of hydrogen-bond acceptors (Lipinski definition) is 3. The van der Waals surface area contributed by atoms with E-state index >= 15 is 0 Å². The molecule has 0 saturated heterocycles. The summed E-state index contributed by atoms with van der Waals surface area (Å²) >= 11 is 1.32. The number of anilines is 1. The van der Waals surface area contributed by atoms with Crippen molar-refractivity contribution in [2.75, 3.05) is 11.9 Å². The molecule has 1 aliphatic carbocycles. The maximum atomic E-state index is 12.6. The van der Waals surface area contributed by atoms with E-state index in [1.165, 1.54) is 30.2 Å². The van der Waals surface area contributed by atoms with Crippen LogP contribution < -0.4 is 10.6 Å². The second kappa shape index (κ2) is 6.79. The molecule has 1 heterocycles. The molecule has 2 N–H and O–H groups in total. The molecule has 4 nitrogen and oxygen atoms in total. The third-order valence-electron chi connectivity index (χ3n) is 4.43. The first kappa shape index (κ1) is 16.1. The molecule has 2 amide bonds. The van der Waals surface area contributed by atoms with Crippen LogP contribution in [0.5, 0.6) is 0 Å². The van der Waals surface area contributed by atoms with Crippen LogP contribution in [0.25, 0.3) is 0 Å². The predicted octanol–water partition coefficient (Wildman–Crippen LogP) is 3.50. The molecule has 1 aliphatic heterocycles. The van der Waals surface area contributed by atoms with E-state index in [2.05, 4.69) is 16.7 Å². The van der Waals surface area contributed by atoms with Gasteiger partial charge in [-0.3, -0.25) is 9.59 Å². The average Bonchev–Trinajstić information content (AvgIpc) is 2.57. The molecule has 5 heteroatoms. The van der Waals surface area contributed by atoms with E-state index < -0.39 is 4.75 Å². The van der Waals surface area contributed by atoms with Crippen LogP contribution in [0.3, 0.4) is 0 Å². The lowest BCUT2D eigenvalue weighted by Crippen LogP contribution is -2.52. The van der Waals surface area contributed by atoms with Gasteiger partial charge in [-0.05, 0) is 51.2 Å². The molecular weight excluding hydrogens is 308 g/mol. The van der Waals surface area contributed by atoms with Crippen molar-refractivity contribution in [3.63, 3.8) is 0 Å². The molecule has 2 aliphatic rings. The normalized spacial score (nSPS) is 23.5. The topological polar surface area (TPSA) is 58.2 Å². The van der Waals surface area contributed by atoms with Crippen LogP contribution >= 0.6 is 11.8 Å². The van der Waals surface area contributed by atoms with Crippen molar-refractivity contribution in [3.8, 4) is 0 Å². The van der Waals surface area contributed by atoms with Gasteiger partial charge >= 0.3 is 0 Å². The fraction of sp³-hybridized carbons (Fsp3) is 0.444. The van der Waals surface area contributed by atoms with E-state index in [0.717, 1.165) is 29.8 Å². The Morgan fingerprint density at radius 3 is 2.96 bits per heavy atom. The molecule has 23 heavy (non-hydrogen) atoms. The number of carbonyl (C=O) groups excluding carboxylic acids is 2. The number of fused-ring (bicyclic) bond motifs is 1. The lowest BCUT2D eigenvalue weighted by molar-refractivity contribution is -0.129. The van der Waals surface area contributed by atoms with E-state index in [-0.39, 0.29) is 11.8 Å². The summed E-state index contributed by atoms with van der Waals surface area (Å²) in [5.41, 5.74) is 2.20. The summed E-state index contributed by atoms with van der Waals surface area (Å²) in [6, 6.07) is 7.57. The number of rotatable bonds is 4. The van der Waals surface area contributed by atoms with Crippen molar-refractivity contribution in [2.24, 2.45) is 0 Å². The van der Waals surface area contributed by atoms with Crippen LogP contribution in [-0.4, -0.2) is 23.1 Å². The highest BCUT2D eigenvalue weighted by Crippen LogP contribution is 2.42. The molecule has 0 bridgehead atoms. The molecule has 0 saturated carbocycles. The third kappa shape index (κ3) is 3.44. The summed E-state index contributed by atoms with van der Waals surface area (Å²) in [5.74, 6) is -0.471. The van der Waals surface area contributed by atoms with E-state index in [0.29, 0.717) is 6.54 Å². The zero-order chi connectivity index (χ0) is 16.3. The van der Waals surface area contributed by atoms with Crippen LogP contribution in [-0.2, 0) is 9.59 Å². The average molecular weight is 330 g/mol. The smallest absolute Gasteiger partial charge is 0.250 e. The molecule has 0 fully saturated rings. The minimum atomic E-state index is -1.12. The van der Waals surface area contributed by atoms with Crippen LogP contribution in [0.1, 0.15) is 39.0 Å². The second-order valence-electron chi connectivity index (χ2n) is 6.20. The van der Waals surface area contributed by atoms with Gasteiger partial charge in [-0.25, -0.2) is 0 Å².